The van der Waals surface area contributed by atoms with Crippen molar-refractivity contribution in [2.45, 2.75) is 59.2 Å². The van der Waals surface area contributed by atoms with Crippen molar-refractivity contribution in [3.8, 4) is 0 Å². The zero-order valence-corrected chi connectivity index (χ0v) is 15.2. The number of nitrogens with one attached hydrogen (secondary N) is 1. The summed E-state index contributed by atoms with van der Waals surface area (Å²) in [7, 11) is 0. The lowest BCUT2D eigenvalue weighted by molar-refractivity contribution is -0.143. The Morgan fingerprint density at radius 3 is 2.80 bits per heavy atom. The summed E-state index contributed by atoms with van der Waals surface area (Å²) < 4.78 is 1.75. The minimum absolute atomic E-state index is 0.0372. The molecule has 1 N–H and O–H groups in total. The van der Waals surface area contributed by atoms with Gasteiger partial charge < -0.3 is 10.2 Å². The Hall–Kier alpha value is -2.18. The Morgan fingerprint density at radius 2 is 2.12 bits per heavy atom. The Labute approximate surface area is 148 Å². The lowest BCUT2D eigenvalue weighted by atomic mass is 9.77. The summed E-state index contributed by atoms with van der Waals surface area (Å²) in [6.45, 7) is 7.17. The zero-order valence-electron chi connectivity index (χ0n) is 15.2. The third-order valence-corrected chi connectivity index (χ3v) is 5.07. The van der Waals surface area contributed by atoms with E-state index < -0.39 is 5.41 Å². The van der Waals surface area contributed by atoms with Gasteiger partial charge >= 0.3 is 0 Å². The first-order valence-corrected chi connectivity index (χ1v) is 9.00. The predicted octanol–water partition coefficient (Wildman–Crippen LogP) is 1.51. The van der Waals surface area contributed by atoms with Crippen molar-refractivity contribution in [2.75, 3.05) is 6.54 Å². The molecule has 0 saturated carbocycles. The third kappa shape index (κ3) is 3.75. The fraction of sp³-hybridized carbons (Fsp3) is 0.667. The zero-order chi connectivity index (χ0) is 18.0. The van der Waals surface area contributed by atoms with Crippen molar-refractivity contribution in [2.24, 2.45) is 11.3 Å². The number of carbonyl (C=O) groups is 2. The highest BCUT2D eigenvalue weighted by Gasteiger charge is 2.39. The van der Waals surface area contributed by atoms with Crippen molar-refractivity contribution in [3.05, 3.63) is 24.3 Å². The average molecular weight is 345 g/mol. The minimum Gasteiger partial charge on any atom is -0.354 e. The number of hydrogen-bond donors (Lipinski definition) is 1. The fourth-order valence-corrected chi connectivity index (χ4v) is 3.59. The van der Waals surface area contributed by atoms with Crippen LogP contribution in [0, 0.1) is 11.3 Å². The molecule has 2 amide bonds. The van der Waals surface area contributed by atoms with Crippen molar-refractivity contribution >= 4 is 11.8 Å². The molecule has 1 aliphatic carbocycles. The van der Waals surface area contributed by atoms with Gasteiger partial charge in [0, 0.05) is 12.6 Å². The molecule has 0 bridgehead atoms. The van der Waals surface area contributed by atoms with Gasteiger partial charge in [-0.15, -0.1) is 0 Å². The molecule has 0 fully saturated rings. The quantitative estimate of drug-likeness (QED) is 0.842. The van der Waals surface area contributed by atoms with Gasteiger partial charge in [0.1, 0.15) is 12.2 Å². The molecule has 3 rings (SSSR count). The number of rotatable bonds is 3. The summed E-state index contributed by atoms with van der Waals surface area (Å²) in [5.74, 6) is 0.487. The highest BCUT2D eigenvalue weighted by Crippen LogP contribution is 2.35. The normalized spacial score (nSPS) is 26.2. The molecular weight excluding hydrogens is 318 g/mol. The molecule has 25 heavy (non-hydrogen) atoms. The SMILES string of the molecule is CC(C)NC(=O)C1CN(C(=O)C2(C)CC=CCC2)Cc2ncnn2C1. The molecule has 2 unspecified atom stereocenters. The molecule has 1 aromatic rings. The van der Waals surface area contributed by atoms with E-state index in [0.29, 0.717) is 19.6 Å². The molecule has 0 aromatic carbocycles. The van der Waals surface area contributed by atoms with Gasteiger partial charge in [0.25, 0.3) is 0 Å². The van der Waals surface area contributed by atoms with Crippen LogP contribution >= 0.6 is 0 Å². The Bertz CT molecular complexity index is 681. The lowest BCUT2D eigenvalue weighted by Gasteiger charge is -2.35. The van der Waals surface area contributed by atoms with Crippen molar-refractivity contribution < 1.29 is 9.59 Å². The molecular formula is C18H27N5O2. The van der Waals surface area contributed by atoms with Crippen LogP contribution < -0.4 is 5.32 Å². The standard InChI is InChI=1S/C18H27N5O2/c1-13(2)21-16(24)14-9-22(11-15-19-12-20-23(15)10-14)17(25)18(3)7-5-4-6-8-18/h4-5,12-14H,6-11H2,1-3H3,(H,21,24). The number of aromatic nitrogens is 3. The maximum Gasteiger partial charge on any atom is 0.229 e. The van der Waals surface area contributed by atoms with Crippen LogP contribution in [0.2, 0.25) is 0 Å². The van der Waals surface area contributed by atoms with Crippen LogP contribution in [0.1, 0.15) is 45.9 Å². The highest BCUT2D eigenvalue weighted by atomic mass is 16.2. The van der Waals surface area contributed by atoms with Crippen LogP contribution in [-0.4, -0.2) is 44.1 Å². The number of amides is 2. The summed E-state index contributed by atoms with van der Waals surface area (Å²) in [5, 5.41) is 7.19. The van der Waals surface area contributed by atoms with Crippen molar-refractivity contribution in [1.82, 2.24) is 25.0 Å². The molecule has 136 valence electrons. The first kappa shape index (κ1) is 17.6. The second kappa shape index (κ2) is 6.98. The number of nitrogens with zero attached hydrogens (tertiary/aromatic N) is 4. The van der Waals surface area contributed by atoms with Gasteiger partial charge in [-0.2, -0.15) is 5.10 Å². The van der Waals surface area contributed by atoms with Crippen molar-refractivity contribution in [1.29, 1.82) is 0 Å². The Kier molecular flexibility index (Phi) is 4.92. The van der Waals surface area contributed by atoms with Crippen LogP contribution in [0.15, 0.2) is 18.5 Å². The van der Waals surface area contributed by atoms with E-state index in [1.54, 1.807) is 9.58 Å². The smallest absolute Gasteiger partial charge is 0.229 e. The summed E-state index contributed by atoms with van der Waals surface area (Å²) >= 11 is 0. The van der Waals surface area contributed by atoms with Gasteiger partial charge in [-0.05, 0) is 33.1 Å². The predicted molar refractivity (Wildman–Crippen MR) is 93.3 cm³/mol. The highest BCUT2D eigenvalue weighted by molar-refractivity contribution is 5.84. The molecule has 7 nitrogen and oxygen atoms in total. The minimum atomic E-state index is -0.400. The number of hydrogen-bond acceptors (Lipinski definition) is 4. The van der Waals surface area contributed by atoms with E-state index in [-0.39, 0.29) is 23.8 Å². The summed E-state index contributed by atoms with van der Waals surface area (Å²) in [4.78, 5) is 31.9. The summed E-state index contributed by atoms with van der Waals surface area (Å²) in [6, 6.07) is 0.0659. The van der Waals surface area contributed by atoms with E-state index in [1.165, 1.54) is 6.33 Å². The monoisotopic (exact) mass is 345 g/mol. The molecule has 1 aliphatic heterocycles. The van der Waals surface area contributed by atoms with Gasteiger partial charge in [-0.25, -0.2) is 9.67 Å². The molecule has 2 heterocycles. The van der Waals surface area contributed by atoms with Crippen molar-refractivity contribution in [3.63, 3.8) is 0 Å². The van der Waals surface area contributed by atoms with E-state index in [0.717, 1.165) is 25.1 Å². The summed E-state index contributed by atoms with van der Waals surface area (Å²) in [5.41, 5.74) is -0.400. The van der Waals surface area contributed by atoms with E-state index in [2.05, 4.69) is 27.6 Å². The van der Waals surface area contributed by atoms with Gasteiger partial charge in [0.05, 0.1) is 24.4 Å². The second-order valence-corrected chi connectivity index (χ2v) is 7.68. The number of fused-ring (bicyclic) bond motifs is 1. The van der Waals surface area contributed by atoms with Gasteiger partial charge in [-0.3, -0.25) is 9.59 Å². The van der Waals surface area contributed by atoms with Gasteiger partial charge in [-0.1, -0.05) is 19.1 Å². The molecule has 0 radical (unpaired) electrons. The molecule has 0 saturated heterocycles. The maximum absolute atomic E-state index is 13.3. The topological polar surface area (TPSA) is 80.1 Å². The van der Waals surface area contributed by atoms with Crippen LogP contribution in [-0.2, 0) is 22.7 Å². The third-order valence-electron chi connectivity index (χ3n) is 5.07. The molecule has 1 aromatic heterocycles. The number of carbonyl (C=O) groups excluding carboxylic acids is 2. The second-order valence-electron chi connectivity index (χ2n) is 7.68. The van der Waals surface area contributed by atoms with E-state index in [1.807, 2.05) is 20.8 Å². The van der Waals surface area contributed by atoms with E-state index in [4.69, 9.17) is 0 Å². The van der Waals surface area contributed by atoms with Crippen LogP contribution in [0.5, 0.6) is 0 Å². The fourth-order valence-electron chi connectivity index (χ4n) is 3.59. The van der Waals surface area contributed by atoms with Gasteiger partial charge in [0.2, 0.25) is 11.8 Å². The van der Waals surface area contributed by atoms with Crippen LogP contribution in [0.3, 0.4) is 0 Å². The molecule has 0 spiro atoms. The lowest BCUT2D eigenvalue weighted by Crippen LogP contribution is -2.47. The van der Waals surface area contributed by atoms with E-state index in [9.17, 15) is 9.59 Å². The summed E-state index contributed by atoms with van der Waals surface area (Å²) in [6.07, 6.45) is 8.22. The largest absolute Gasteiger partial charge is 0.354 e. The van der Waals surface area contributed by atoms with Crippen LogP contribution in [0.4, 0.5) is 0 Å². The average Bonchev–Trinajstić information content (AvgIpc) is 2.91. The molecule has 2 atom stereocenters. The Morgan fingerprint density at radius 1 is 1.32 bits per heavy atom. The molecule has 7 heteroatoms. The Balaban J connectivity index is 1.84. The maximum atomic E-state index is 13.3. The molecule has 2 aliphatic rings. The van der Waals surface area contributed by atoms with Crippen LogP contribution in [0.25, 0.3) is 0 Å². The number of allylic oxidation sites excluding steroid dienone is 2. The first-order valence-electron chi connectivity index (χ1n) is 9.00. The van der Waals surface area contributed by atoms with E-state index >= 15 is 0 Å². The first-order chi connectivity index (χ1) is 11.9. The van der Waals surface area contributed by atoms with Gasteiger partial charge in [0.15, 0.2) is 0 Å².